The summed E-state index contributed by atoms with van der Waals surface area (Å²) < 4.78 is 7.25. The van der Waals surface area contributed by atoms with Gasteiger partial charge in [-0.3, -0.25) is 9.78 Å². The SMILES string of the molecule is COCC(=O)Nc1ccc(N2C(=S)N[C@H](c3ccccn3)[C@H]2c2cc(C)n(-c3ccc(C)cc3)c2C)cc1C. The van der Waals surface area contributed by atoms with Gasteiger partial charge in [-0.2, -0.15) is 0 Å². The van der Waals surface area contributed by atoms with Crippen molar-refractivity contribution >= 4 is 34.6 Å². The topological polar surface area (TPSA) is 71.4 Å². The Balaban J connectivity index is 1.60. The number of methoxy groups -OCH3 is 1. The molecule has 0 bridgehead atoms. The van der Waals surface area contributed by atoms with Gasteiger partial charge in [0.1, 0.15) is 6.61 Å². The Morgan fingerprint density at radius 2 is 1.77 bits per heavy atom. The molecule has 1 aliphatic heterocycles. The van der Waals surface area contributed by atoms with Gasteiger partial charge in [-0.05, 0) is 99.6 Å². The molecule has 2 atom stereocenters. The van der Waals surface area contributed by atoms with Crippen LogP contribution in [-0.2, 0) is 9.53 Å². The van der Waals surface area contributed by atoms with E-state index in [9.17, 15) is 4.79 Å². The number of hydrogen-bond donors (Lipinski definition) is 2. The number of benzene rings is 2. The maximum Gasteiger partial charge on any atom is 0.250 e. The van der Waals surface area contributed by atoms with E-state index in [2.05, 4.69) is 77.3 Å². The minimum absolute atomic E-state index is 0.00571. The van der Waals surface area contributed by atoms with E-state index in [1.165, 1.54) is 18.2 Å². The number of nitrogens with zero attached hydrogens (tertiary/aromatic N) is 3. The zero-order chi connectivity index (χ0) is 27.7. The standard InChI is InChI=1S/C31H33N5O2S/c1-19-9-11-23(12-10-19)35-21(3)17-25(22(35)4)30-29(27-8-6-7-15-32-27)34-31(39)36(30)24-13-14-26(20(2)16-24)33-28(37)18-38-5/h6-17,29-30H,18H2,1-5H3,(H,33,37)(H,34,39)/t29-,30-/m1/s1. The molecule has 0 radical (unpaired) electrons. The number of aryl methyl sites for hydroxylation is 3. The summed E-state index contributed by atoms with van der Waals surface area (Å²) in [4.78, 5) is 19.0. The number of ether oxygens (including phenoxy) is 1. The normalized spacial score (nSPS) is 16.8. The zero-order valence-corrected chi connectivity index (χ0v) is 23.7. The molecule has 2 aromatic carbocycles. The molecule has 5 rings (SSSR count). The lowest BCUT2D eigenvalue weighted by atomic mass is 9.96. The predicted octanol–water partition coefficient (Wildman–Crippen LogP) is 5.87. The number of pyridine rings is 1. The molecule has 2 N–H and O–H groups in total. The molecule has 7 nitrogen and oxygen atoms in total. The number of nitrogens with one attached hydrogen (secondary N) is 2. The fourth-order valence-electron chi connectivity index (χ4n) is 5.38. The van der Waals surface area contributed by atoms with E-state index in [1.807, 2.05) is 43.5 Å². The van der Waals surface area contributed by atoms with Crippen molar-refractivity contribution < 1.29 is 9.53 Å². The van der Waals surface area contributed by atoms with Crippen molar-refractivity contribution in [3.05, 3.63) is 107 Å². The van der Waals surface area contributed by atoms with Crippen LogP contribution < -0.4 is 15.5 Å². The average molecular weight is 540 g/mol. The number of anilines is 2. The number of carbonyl (C=O) groups is 1. The second-order valence-electron chi connectivity index (χ2n) is 9.97. The zero-order valence-electron chi connectivity index (χ0n) is 22.9. The van der Waals surface area contributed by atoms with Gasteiger partial charge in [-0.15, -0.1) is 0 Å². The number of carbonyl (C=O) groups excluding carboxylic acids is 1. The lowest BCUT2D eigenvalue weighted by Crippen LogP contribution is -2.29. The number of thiocarbonyl (C=S) groups is 1. The number of amides is 1. The quantitative estimate of drug-likeness (QED) is 0.286. The van der Waals surface area contributed by atoms with Crippen LogP contribution in [0.3, 0.4) is 0 Å². The third-order valence-electron chi connectivity index (χ3n) is 7.22. The Hall–Kier alpha value is -4.01. The van der Waals surface area contributed by atoms with Crippen molar-refractivity contribution in [3.63, 3.8) is 0 Å². The van der Waals surface area contributed by atoms with Crippen LogP contribution in [0, 0.1) is 27.7 Å². The fourth-order valence-corrected chi connectivity index (χ4v) is 5.73. The molecule has 200 valence electrons. The summed E-state index contributed by atoms with van der Waals surface area (Å²) in [6, 6.07) is 22.5. The molecule has 0 aliphatic carbocycles. The average Bonchev–Trinajstić information content (AvgIpc) is 3.41. The Morgan fingerprint density at radius 3 is 2.44 bits per heavy atom. The van der Waals surface area contributed by atoms with Crippen LogP contribution in [0.5, 0.6) is 0 Å². The van der Waals surface area contributed by atoms with Crippen molar-refractivity contribution in [1.82, 2.24) is 14.9 Å². The van der Waals surface area contributed by atoms with Crippen molar-refractivity contribution in [1.29, 1.82) is 0 Å². The summed E-state index contributed by atoms with van der Waals surface area (Å²) in [7, 11) is 1.50. The Bertz CT molecular complexity index is 1510. The minimum atomic E-state index is -0.191. The van der Waals surface area contributed by atoms with E-state index in [4.69, 9.17) is 21.9 Å². The van der Waals surface area contributed by atoms with Gasteiger partial charge in [-0.1, -0.05) is 23.8 Å². The molecule has 1 aliphatic rings. The third-order valence-corrected chi connectivity index (χ3v) is 7.53. The smallest absolute Gasteiger partial charge is 0.250 e. The number of rotatable bonds is 7. The molecular formula is C31H33N5O2S. The lowest BCUT2D eigenvalue weighted by Gasteiger charge is -2.29. The second kappa shape index (κ2) is 11.0. The van der Waals surface area contributed by atoms with Crippen molar-refractivity contribution in [2.75, 3.05) is 23.9 Å². The van der Waals surface area contributed by atoms with Crippen LogP contribution in [0.1, 0.15) is 45.9 Å². The molecule has 39 heavy (non-hydrogen) atoms. The monoisotopic (exact) mass is 539 g/mol. The van der Waals surface area contributed by atoms with Crippen molar-refractivity contribution in [3.8, 4) is 5.69 Å². The van der Waals surface area contributed by atoms with E-state index < -0.39 is 0 Å². The van der Waals surface area contributed by atoms with Gasteiger partial charge in [0.25, 0.3) is 0 Å². The van der Waals surface area contributed by atoms with Crippen LogP contribution >= 0.6 is 12.2 Å². The molecule has 1 amide bonds. The van der Waals surface area contributed by atoms with Gasteiger partial charge in [-0.25, -0.2) is 0 Å². The molecule has 8 heteroatoms. The lowest BCUT2D eigenvalue weighted by molar-refractivity contribution is -0.119. The predicted molar refractivity (Wildman–Crippen MR) is 160 cm³/mol. The van der Waals surface area contributed by atoms with Crippen molar-refractivity contribution in [2.45, 2.75) is 39.8 Å². The van der Waals surface area contributed by atoms with Gasteiger partial charge in [0.05, 0.1) is 17.8 Å². The number of hydrogen-bond acceptors (Lipinski definition) is 4. The van der Waals surface area contributed by atoms with E-state index in [1.54, 1.807) is 0 Å². The molecule has 4 aromatic rings. The highest BCUT2D eigenvalue weighted by atomic mass is 32.1. The summed E-state index contributed by atoms with van der Waals surface area (Å²) in [5, 5.41) is 7.10. The Kier molecular flexibility index (Phi) is 7.50. The third kappa shape index (κ3) is 5.17. The molecule has 0 saturated carbocycles. The van der Waals surface area contributed by atoms with E-state index in [0.29, 0.717) is 5.11 Å². The van der Waals surface area contributed by atoms with Crippen LogP contribution in [0.4, 0.5) is 11.4 Å². The maximum atomic E-state index is 12.1. The van der Waals surface area contributed by atoms with E-state index in [0.717, 1.165) is 39.7 Å². The van der Waals surface area contributed by atoms with Crippen LogP contribution in [0.15, 0.2) is 72.9 Å². The Morgan fingerprint density at radius 1 is 1.03 bits per heavy atom. The first-order valence-corrected chi connectivity index (χ1v) is 13.3. The summed E-state index contributed by atoms with van der Waals surface area (Å²) in [5.41, 5.74) is 9.38. The minimum Gasteiger partial charge on any atom is -0.375 e. The molecule has 1 fully saturated rings. The van der Waals surface area contributed by atoms with E-state index in [-0.39, 0.29) is 24.6 Å². The summed E-state index contributed by atoms with van der Waals surface area (Å²) >= 11 is 5.94. The molecule has 2 aromatic heterocycles. The van der Waals surface area contributed by atoms with Crippen molar-refractivity contribution in [2.24, 2.45) is 0 Å². The molecule has 1 saturated heterocycles. The first-order valence-electron chi connectivity index (χ1n) is 12.9. The largest absolute Gasteiger partial charge is 0.375 e. The highest BCUT2D eigenvalue weighted by molar-refractivity contribution is 7.80. The number of aromatic nitrogens is 2. The fraction of sp³-hybridized carbons (Fsp3) is 0.258. The van der Waals surface area contributed by atoms with Gasteiger partial charge < -0.3 is 24.8 Å². The molecule has 0 spiro atoms. The summed E-state index contributed by atoms with van der Waals surface area (Å²) in [6.45, 7) is 8.38. The van der Waals surface area contributed by atoms with E-state index >= 15 is 0 Å². The Labute approximate surface area is 234 Å². The van der Waals surface area contributed by atoms with Crippen LogP contribution in [0.2, 0.25) is 0 Å². The summed E-state index contributed by atoms with van der Waals surface area (Å²) in [6.07, 6.45) is 1.82. The van der Waals surface area contributed by atoms with Gasteiger partial charge >= 0.3 is 0 Å². The molecular weight excluding hydrogens is 506 g/mol. The molecule has 3 heterocycles. The second-order valence-corrected chi connectivity index (χ2v) is 10.4. The molecule has 0 unspecified atom stereocenters. The van der Waals surface area contributed by atoms with Crippen LogP contribution in [-0.4, -0.2) is 34.3 Å². The highest BCUT2D eigenvalue weighted by Crippen LogP contribution is 2.44. The summed E-state index contributed by atoms with van der Waals surface area (Å²) in [5.74, 6) is -0.191. The van der Waals surface area contributed by atoms with Gasteiger partial charge in [0.15, 0.2) is 5.11 Å². The highest BCUT2D eigenvalue weighted by Gasteiger charge is 2.42. The van der Waals surface area contributed by atoms with Gasteiger partial charge in [0.2, 0.25) is 5.91 Å². The van der Waals surface area contributed by atoms with Crippen LogP contribution in [0.25, 0.3) is 5.69 Å². The first kappa shape index (κ1) is 26.6. The first-order chi connectivity index (χ1) is 18.8. The van der Waals surface area contributed by atoms with Gasteiger partial charge in [0, 0.05) is 41.8 Å². The maximum absolute atomic E-state index is 12.1.